The van der Waals surface area contributed by atoms with Crippen molar-refractivity contribution in [2.45, 2.75) is 58.3 Å². The molecule has 0 radical (unpaired) electrons. The van der Waals surface area contributed by atoms with Gasteiger partial charge in [0.05, 0.1) is 0 Å². The maximum atomic E-state index is 10.9. The van der Waals surface area contributed by atoms with Crippen LogP contribution in [0.25, 0.3) is 0 Å². The highest BCUT2D eigenvalue weighted by Crippen LogP contribution is 2.36. The summed E-state index contributed by atoms with van der Waals surface area (Å²) in [6.45, 7) is 12.3. The van der Waals surface area contributed by atoms with Crippen molar-refractivity contribution in [3.8, 4) is 0 Å². The Labute approximate surface area is 110 Å². The first kappa shape index (κ1) is 17.1. The second-order valence-corrected chi connectivity index (χ2v) is 10.8. The van der Waals surface area contributed by atoms with Crippen LogP contribution in [0.4, 0.5) is 0 Å². The third-order valence-corrected chi connectivity index (χ3v) is 7.89. The summed E-state index contributed by atoms with van der Waals surface area (Å²) in [5, 5.41) is 11.5. The third-order valence-electron chi connectivity index (χ3n) is 3.35. The number of amides is 1. The van der Waals surface area contributed by atoms with Crippen LogP contribution in [0.15, 0.2) is 0 Å². The maximum absolute atomic E-state index is 10.9. The standard InChI is InChI=1S/C12H25NO4Si/c1-9(14)13-10(11(15)16)7-8-17-18(5,6)12(2,3)4/h10H,7-8H2,1-6H3,(H,13,14)(H,15,16)/t10-/m1/s1. The molecule has 0 rings (SSSR count). The number of nitrogens with one attached hydrogen (secondary N) is 1. The molecule has 0 saturated carbocycles. The Hall–Kier alpha value is -0.883. The molecular weight excluding hydrogens is 250 g/mol. The van der Waals surface area contributed by atoms with Gasteiger partial charge in [0, 0.05) is 20.0 Å². The minimum Gasteiger partial charge on any atom is -0.480 e. The van der Waals surface area contributed by atoms with Crippen molar-refractivity contribution in [3.05, 3.63) is 0 Å². The molecule has 18 heavy (non-hydrogen) atoms. The fourth-order valence-electron chi connectivity index (χ4n) is 1.15. The molecule has 1 atom stereocenters. The van der Waals surface area contributed by atoms with Gasteiger partial charge in [0.1, 0.15) is 6.04 Å². The van der Waals surface area contributed by atoms with E-state index in [1.165, 1.54) is 6.92 Å². The minimum absolute atomic E-state index is 0.0969. The first-order chi connectivity index (χ1) is 7.97. The van der Waals surface area contributed by atoms with E-state index < -0.39 is 20.3 Å². The average molecular weight is 275 g/mol. The Morgan fingerprint density at radius 1 is 1.33 bits per heavy atom. The van der Waals surface area contributed by atoms with E-state index in [0.717, 1.165) is 0 Å². The molecule has 106 valence electrons. The van der Waals surface area contributed by atoms with Gasteiger partial charge in [-0.05, 0) is 18.1 Å². The van der Waals surface area contributed by atoms with Crippen LogP contribution < -0.4 is 5.32 Å². The zero-order valence-electron chi connectivity index (χ0n) is 12.2. The van der Waals surface area contributed by atoms with Gasteiger partial charge in [0.15, 0.2) is 8.32 Å². The Bertz CT molecular complexity index is 310. The molecule has 0 aromatic rings. The molecular formula is C12H25NO4Si. The molecule has 6 heteroatoms. The van der Waals surface area contributed by atoms with Gasteiger partial charge >= 0.3 is 5.97 Å². The molecule has 0 aliphatic rings. The largest absolute Gasteiger partial charge is 0.480 e. The molecule has 0 aliphatic carbocycles. The van der Waals surface area contributed by atoms with E-state index in [1.807, 2.05) is 0 Å². The van der Waals surface area contributed by atoms with E-state index in [1.54, 1.807) is 0 Å². The Morgan fingerprint density at radius 2 is 1.83 bits per heavy atom. The van der Waals surface area contributed by atoms with Crippen molar-refractivity contribution >= 4 is 20.2 Å². The van der Waals surface area contributed by atoms with Crippen LogP contribution in [0, 0.1) is 0 Å². The monoisotopic (exact) mass is 275 g/mol. The Balaban J connectivity index is 4.31. The molecule has 0 aromatic carbocycles. The Kier molecular flexibility index (Phi) is 6.02. The molecule has 0 saturated heterocycles. The normalized spacial score (nSPS) is 14.1. The quantitative estimate of drug-likeness (QED) is 0.727. The first-order valence-electron chi connectivity index (χ1n) is 6.11. The van der Waals surface area contributed by atoms with Crippen LogP contribution in [-0.4, -0.2) is 37.9 Å². The molecule has 1 amide bonds. The topological polar surface area (TPSA) is 75.6 Å². The molecule has 0 aliphatic heterocycles. The summed E-state index contributed by atoms with van der Waals surface area (Å²) in [5.74, 6) is -1.36. The van der Waals surface area contributed by atoms with Gasteiger partial charge in [-0.15, -0.1) is 0 Å². The number of carboxylic acid groups (broad SMARTS) is 1. The highest BCUT2D eigenvalue weighted by atomic mass is 28.4. The van der Waals surface area contributed by atoms with Crippen molar-refractivity contribution in [1.29, 1.82) is 0 Å². The minimum atomic E-state index is -1.85. The number of hydrogen-bond donors (Lipinski definition) is 2. The lowest BCUT2D eigenvalue weighted by molar-refractivity contribution is -0.141. The second kappa shape index (κ2) is 6.33. The fraction of sp³-hybridized carbons (Fsp3) is 0.833. The predicted molar refractivity (Wildman–Crippen MR) is 73.0 cm³/mol. The van der Waals surface area contributed by atoms with Gasteiger partial charge < -0.3 is 14.8 Å². The fourth-order valence-corrected chi connectivity index (χ4v) is 2.21. The van der Waals surface area contributed by atoms with E-state index in [4.69, 9.17) is 9.53 Å². The van der Waals surface area contributed by atoms with Crippen LogP contribution in [0.3, 0.4) is 0 Å². The first-order valence-corrected chi connectivity index (χ1v) is 9.02. The number of hydrogen-bond acceptors (Lipinski definition) is 3. The van der Waals surface area contributed by atoms with Crippen molar-refractivity contribution in [1.82, 2.24) is 5.32 Å². The average Bonchev–Trinajstić information content (AvgIpc) is 2.13. The van der Waals surface area contributed by atoms with Gasteiger partial charge in [0.25, 0.3) is 0 Å². The smallest absolute Gasteiger partial charge is 0.326 e. The van der Waals surface area contributed by atoms with Crippen LogP contribution in [-0.2, 0) is 14.0 Å². The van der Waals surface area contributed by atoms with Gasteiger partial charge in [-0.2, -0.15) is 0 Å². The van der Waals surface area contributed by atoms with Crippen LogP contribution in [0.2, 0.25) is 18.1 Å². The van der Waals surface area contributed by atoms with Gasteiger partial charge in [-0.3, -0.25) is 4.79 Å². The molecule has 0 spiro atoms. The number of rotatable bonds is 6. The third kappa shape index (κ3) is 5.64. The zero-order valence-corrected chi connectivity index (χ0v) is 13.2. The van der Waals surface area contributed by atoms with Crippen LogP contribution in [0.5, 0.6) is 0 Å². The van der Waals surface area contributed by atoms with Crippen molar-refractivity contribution < 1.29 is 19.1 Å². The Morgan fingerprint density at radius 3 is 2.17 bits per heavy atom. The van der Waals surface area contributed by atoms with Crippen LogP contribution >= 0.6 is 0 Å². The SMILES string of the molecule is CC(=O)N[C@H](CCO[Si](C)(C)C(C)(C)C)C(=O)O. The number of carbonyl (C=O) groups is 2. The zero-order chi connectivity index (χ0) is 14.6. The van der Waals surface area contributed by atoms with Gasteiger partial charge in [0.2, 0.25) is 5.91 Å². The molecule has 0 bridgehead atoms. The van der Waals surface area contributed by atoms with E-state index >= 15 is 0 Å². The van der Waals surface area contributed by atoms with E-state index in [9.17, 15) is 9.59 Å². The summed E-state index contributed by atoms with van der Waals surface area (Å²) in [5.41, 5.74) is 0. The van der Waals surface area contributed by atoms with Gasteiger partial charge in [-0.25, -0.2) is 4.79 Å². The number of carbonyl (C=O) groups excluding carboxylic acids is 1. The molecule has 0 unspecified atom stereocenters. The highest BCUT2D eigenvalue weighted by molar-refractivity contribution is 6.74. The molecule has 2 N–H and O–H groups in total. The summed E-state index contributed by atoms with van der Waals surface area (Å²) in [4.78, 5) is 21.8. The number of carboxylic acids is 1. The van der Waals surface area contributed by atoms with Crippen molar-refractivity contribution in [2.24, 2.45) is 0 Å². The lowest BCUT2D eigenvalue weighted by atomic mass is 10.2. The summed E-state index contributed by atoms with van der Waals surface area (Å²) in [7, 11) is -1.85. The summed E-state index contributed by atoms with van der Waals surface area (Å²) in [6, 6.07) is -0.868. The predicted octanol–water partition coefficient (Wildman–Crippen LogP) is 1.99. The maximum Gasteiger partial charge on any atom is 0.326 e. The lowest BCUT2D eigenvalue weighted by Gasteiger charge is -2.36. The van der Waals surface area contributed by atoms with E-state index in [2.05, 4.69) is 39.2 Å². The summed E-state index contributed by atoms with van der Waals surface area (Å²) < 4.78 is 5.88. The van der Waals surface area contributed by atoms with Crippen LogP contribution in [0.1, 0.15) is 34.1 Å². The molecule has 5 nitrogen and oxygen atoms in total. The van der Waals surface area contributed by atoms with Crippen molar-refractivity contribution in [3.63, 3.8) is 0 Å². The lowest BCUT2D eigenvalue weighted by Crippen LogP contribution is -2.44. The molecule has 0 fully saturated rings. The highest BCUT2D eigenvalue weighted by Gasteiger charge is 2.37. The summed E-state index contributed by atoms with van der Waals surface area (Å²) >= 11 is 0. The van der Waals surface area contributed by atoms with Crippen molar-refractivity contribution in [2.75, 3.05) is 6.61 Å². The van der Waals surface area contributed by atoms with E-state index in [-0.39, 0.29) is 10.9 Å². The molecule has 0 heterocycles. The second-order valence-electron chi connectivity index (χ2n) is 5.99. The van der Waals surface area contributed by atoms with Gasteiger partial charge in [-0.1, -0.05) is 20.8 Å². The van der Waals surface area contributed by atoms with E-state index in [0.29, 0.717) is 13.0 Å². The number of aliphatic carboxylic acids is 1. The summed E-state index contributed by atoms with van der Waals surface area (Å²) in [6.07, 6.45) is 0.293. The molecule has 0 aromatic heterocycles.